The Labute approximate surface area is 184 Å². The molecule has 7 nitrogen and oxygen atoms in total. The Morgan fingerprint density at radius 3 is 2.26 bits per heavy atom. The summed E-state index contributed by atoms with van der Waals surface area (Å²) in [5.74, 6) is -0.276. The molecule has 0 bridgehead atoms. The first-order valence-corrected chi connectivity index (χ1v) is 10.5. The van der Waals surface area contributed by atoms with Crippen molar-refractivity contribution >= 4 is 5.91 Å². The second kappa shape index (κ2) is 11.9. The molecule has 0 radical (unpaired) electrons. The van der Waals surface area contributed by atoms with Crippen LogP contribution in [0.3, 0.4) is 0 Å². The highest BCUT2D eigenvalue weighted by Crippen LogP contribution is 2.26. The molecule has 1 amide bonds. The molecule has 1 saturated heterocycles. The molecule has 0 saturated carbocycles. The highest BCUT2D eigenvalue weighted by atomic mass is 16.7. The first-order valence-electron chi connectivity index (χ1n) is 11.2. The molecule has 5 atom stereocenters. The number of ether oxygens (including phenoxy) is 3. The van der Waals surface area contributed by atoms with Crippen molar-refractivity contribution in [2.24, 2.45) is 0 Å². The number of carbonyl (C=O) groups excluding carboxylic acids is 1. The quantitative estimate of drug-likeness (QED) is 0.534. The third kappa shape index (κ3) is 6.59. The zero-order chi connectivity index (χ0) is 22.8. The molecule has 1 aliphatic rings. The maximum absolute atomic E-state index is 12.5. The maximum Gasteiger partial charge on any atom is 0.220 e. The van der Waals surface area contributed by atoms with Gasteiger partial charge in [0.05, 0.1) is 19.8 Å². The van der Waals surface area contributed by atoms with E-state index in [-0.39, 0.29) is 32.4 Å². The Kier molecular flexibility index (Phi) is 8.44. The minimum Gasteiger partial charge on any atom is -0.394 e. The van der Waals surface area contributed by atoms with Gasteiger partial charge in [0.25, 0.3) is 0 Å². The number of hydrogen-bond donors (Lipinski definition) is 3. The normalized spacial score (nSPS) is 26.3. The maximum atomic E-state index is 12.5. The Morgan fingerprint density at radius 1 is 1.06 bits per heavy atom. The van der Waals surface area contributed by atoms with Gasteiger partial charge in [-0.25, -0.2) is 0 Å². The highest BCUT2D eigenvalue weighted by molar-refractivity contribution is 5.76. The molecule has 0 aliphatic carbocycles. The van der Waals surface area contributed by atoms with E-state index >= 15 is 0 Å². The summed E-state index contributed by atoms with van der Waals surface area (Å²) in [6.07, 6.45) is -3.28. The van der Waals surface area contributed by atoms with Gasteiger partial charge >= 0.3 is 0 Å². The van der Waals surface area contributed by atoms with Crippen molar-refractivity contribution in [3.05, 3.63) is 71.8 Å². The van der Waals surface area contributed by atoms with E-state index in [1.54, 1.807) is 0 Å². The zero-order valence-corrected chi connectivity index (χ0v) is 17.4. The lowest BCUT2D eigenvalue weighted by molar-refractivity contribution is -0.281. The van der Waals surface area contributed by atoms with E-state index in [0.717, 1.165) is 11.1 Å². The second-order valence-corrected chi connectivity index (χ2v) is 7.47. The molecule has 3 N–H and O–H groups in total. The molecule has 3 rings (SSSR count). The fourth-order valence-electron chi connectivity index (χ4n) is 3.50. The molecule has 1 unspecified atom stereocenters. The average Bonchev–Trinajstić information content (AvgIpc) is 2.83. The monoisotopic (exact) mass is 430 g/mol. The fraction of sp³-hybridized carbons (Fsp3) is 0.458. The topological polar surface area (TPSA) is 97.3 Å². The SMILES string of the molecule is [2H]CCCC(=O)N[C@H]1C(OCc2ccccc2)O[C@H](CO)[C@@H](O)[C@@H]1OCc1ccccc1. The van der Waals surface area contributed by atoms with Gasteiger partial charge in [-0.1, -0.05) is 67.6 Å². The first-order chi connectivity index (χ1) is 15.6. The standard InChI is InChI=1S/C24H31NO6/c1-2-9-20(27)25-21-23(29-15-17-10-5-3-6-11-17)22(28)19(14-26)31-24(21)30-16-18-12-7-4-8-13-18/h3-8,10-13,19,21-24,26,28H,2,9,14-16H2,1H3,(H,25,27)/t19-,21-,22-,23-,24?/m1/s1/i1D. The van der Waals surface area contributed by atoms with E-state index < -0.39 is 37.3 Å². The van der Waals surface area contributed by atoms with Crippen LogP contribution in [-0.2, 0) is 32.2 Å². The summed E-state index contributed by atoms with van der Waals surface area (Å²) in [5, 5.41) is 23.4. The van der Waals surface area contributed by atoms with Crippen LogP contribution in [0.4, 0.5) is 0 Å². The van der Waals surface area contributed by atoms with Crippen LogP contribution in [0.5, 0.6) is 0 Å². The zero-order valence-electron chi connectivity index (χ0n) is 18.4. The van der Waals surface area contributed by atoms with Crippen LogP contribution in [-0.4, -0.2) is 53.4 Å². The van der Waals surface area contributed by atoms with Crippen LogP contribution in [0.25, 0.3) is 0 Å². The van der Waals surface area contributed by atoms with Crippen LogP contribution in [0, 0.1) is 0 Å². The summed E-state index contributed by atoms with van der Waals surface area (Å²) in [4.78, 5) is 12.5. The number of amides is 1. The number of benzene rings is 2. The molecule has 2 aromatic carbocycles. The molecule has 2 aromatic rings. The van der Waals surface area contributed by atoms with Gasteiger partial charge in [0.2, 0.25) is 5.91 Å². The van der Waals surface area contributed by atoms with Gasteiger partial charge in [0.15, 0.2) is 6.29 Å². The number of aliphatic hydroxyl groups excluding tert-OH is 2. The van der Waals surface area contributed by atoms with Crippen molar-refractivity contribution in [3.8, 4) is 0 Å². The van der Waals surface area contributed by atoms with Crippen molar-refractivity contribution in [1.82, 2.24) is 5.32 Å². The third-order valence-corrected chi connectivity index (χ3v) is 5.13. The van der Waals surface area contributed by atoms with Crippen molar-refractivity contribution in [3.63, 3.8) is 0 Å². The predicted molar refractivity (Wildman–Crippen MR) is 115 cm³/mol. The second-order valence-electron chi connectivity index (χ2n) is 7.47. The Morgan fingerprint density at radius 2 is 1.68 bits per heavy atom. The Hall–Kier alpha value is -2.29. The molecule has 31 heavy (non-hydrogen) atoms. The number of rotatable bonds is 10. The molecule has 1 heterocycles. The van der Waals surface area contributed by atoms with Gasteiger partial charge < -0.3 is 29.7 Å². The minimum absolute atomic E-state index is 0.145. The lowest BCUT2D eigenvalue weighted by Crippen LogP contribution is -2.65. The summed E-state index contributed by atoms with van der Waals surface area (Å²) >= 11 is 0. The molecule has 1 fully saturated rings. The van der Waals surface area contributed by atoms with Crippen molar-refractivity contribution < 1.29 is 30.6 Å². The van der Waals surface area contributed by atoms with Crippen molar-refractivity contribution in [1.29, 1.82) is 0 Å². The lowest BCUT2D eigenvalue weighted by Gasteiger charge is -2.44. The van der Waals surface area contributed by atoms with E-state index in [1.165, 1.54) is 0 Å². The van der Waals surface area contributed by atoms with Gasteiger partial charge in [-0.3, -0.25) is 4.79 Å². The van der Waals surface area contributed by atoms with Crippen LogP contribution in [0.2, 0.25) is 0 Å². The number of carbonyl (C=O) groups is 1. The lowest BCUT2D eigenvalue weighted by atomic mass is 9.96. The van der Waals surface area contributed by atoms with Crippen LogP contribution in [0.15, 0.2) is 60.7 Å². The average molecular weight is 431 g/mol. The molecule has 168 valence electrons. The van der Waals surface area contributed by atoms with Gasteiger partial charge in [-0.05, 0) is 17.5 Å². The largest absolute Gasteiger partial charge is 0.394 e. The van der Waals surface area contributed by atoms with Crippen LogP contribution in [0.1, 0.15) is 32.2 Å². The van der Waals surface area contributed by atoms with E-state index in [4.69, 9.17) is 15.6 Å². The van der Waals surface area contributed by atoms with Gasteiger partial charge in [0, 0.05) is 7.79 Å². The van der Waals surface area contributed by atoms with Gasteiger partial charge in [0.1, 0.15) is 24.4 Å². The smallest absolute Gasteiger partial charge is 0.220 e. The van der Waals surface area contributed by atoms with E-state index in [0.29, 0.717) is 6.42 Å². The highest BCUT2D eigenvalue weighted by Gasteiger charge is 2.47. The molecule has 1 aliphatic heterocycles. The molecule has 0 aromatic heterocycles. The molecular weight excluding hydrogens is 398 g/mol. The minimum atomic E-state index is -1.17. The molecule has 0 spiro atoms. The summed E-state index contributed by atoms with van der Waals surface area (Å²) in [6.45, 7) is 0.165. The first kappa shape index (κ1) is 21.9. The fourth-order valence-corrected chi connectivity index (χ4v) is 3.50. The van der Waals surface area contributed by atoms with Crippen molar-refractivity contribution in [2.45, 2.75) is 63.6 Å². The van der Waals surface area contributed by atoms with Crippen molar-refractivity contribution in [2.75, 3.05) is 6.61 Å². The molecule has 7 heteroatoms. The Balaban J connectivity index is 1.77. The van der Waals surface area contributed by atoms with E-state index in [2.05, 4.69) is 5.32 Å². The predicted octanol–water partition coefficient (Wildman–Crippen LogP) is 2.15. The van der Waals surface area contributed by atoms with Gasteiger partial charge in [-0.2, -0.15) is 0 Å². The summed E-state index contributed by atoms with van der Waals surface area (Å²) in [6, 6.07) is 18.2. The van der Waals surface area contributed by atoms with Crippen LogP contribution < -0.4 is 5.32 Å². The third-order valence-electron chi connectivity index (χ3n) is 5.13. The van der Waals surface area contributed by atoms with Gasteiger partial charge in [-0.15, -0.1) is 0 Å². The summed E-state index contributed by atoms with van der Waals surface area (Å²) in [7, 11) is 0. The van der Waals surface area contributed by atoms with E-state index in [1.807, 2.05) is 60.7 Å². The molecular formula is C24H31NO6. The summed E-state index contributed by atoms with van der Waals surface area (Å²) in [5.41, 5.74) is 1.83. The summed E-state index contributed by atoms with van der Waals surface area (Å²) < 4.78 is 25.1. The number of aliphatic hydroxyl groups is 2. The Bertz CT molecular complexity index is 809. The van der Waals surface area contributed by atoms with E-state index in [9.17, 15) is 15.0 Å². The number of hydrogen-bond acceptors (Lipinski definition) is 6. The number of nitrogens with one attached hydrogen (secondary N) is 1. The van der Waals surface area contributed by atoms with Crippen LogP contribution >= 0.6 is 0 Å².